The lowest BCUT2D eigenvalue weighted by Crippen LogP contribution is -2.65. The van der Waals surface area contributed by atoms with Crippen molar-refractivity contribution in [3.63, 3.8) is 0 Å². The highest BCUT2D eigenvalue weighted by molar-refractivity contribution is 5.91. The third-order valence-corrected chi connectivity index (χ3v) is 10.6. The highest BCUT2D eigenvalue weighted by atomic mass is 16.7. The number of carboxylic acids is 2. The number of carbonyl (C=O) groups is 4. The fraction of sp³-hybridized carbons (Fsp3) is 0.750. The highest BCUT2D eigenvalue weighted by Gasteiger charge is 2.54. The van der Waals surface area contributed by atoms with Crippen LogP contribution in [0.15, 0.2) is 26.8 Å². The van der Waals surface area contributed by atoms with Gasteiger partial charge in [-0.05, 0) is 37.6 Å². The largest absolute Gasteiger partial charge is 0.480 e. The molecule has 2 amide bonds. The number of guanidine groups is 1. The average Bonchev–Trinajstić information content (AvgIpc) is 3.63. The minimum atomic E-state index is -1.91. The molecule has 3 aliphatic heterocycles. The molecule has 1 aromatic heterocycles. The van der Waals surface area contributed by atoms with Crippen molar-refractivity contribution in [3.05, 3.63) is 33.1 Å². The Hall–Kier alpha value is -4.57. The van der Waals surface area contributed by atoms with Crippen molar-refractivity contribution in [2.75, 3.05) is 26.2 Å². The van der Waals surface area contributed by atoms with Gasteiger partial charge in [0.25, 0.3) is 5.56 Å². The van der Waals surface area contributed by atoms with E-state index in [0.29, 0.717) is 6.42 Å². The molecule has 0 bridgehead atoms. The van der Waals surface area contributed by atoms with Crippen molar-refractivity contribution < 1.29 is 64.0 Å². The Morgan fingerprint density at radius 3 is 2.23 bits per heavy atom. The van der Waals surface area contributed by atoms with Gasteiger partial charge in [0.2, 0.25) is 11.8 Å². The van der Waals surface area contributed by atoms with Crippen molar-refractivity contribution in [2.45, 2.75) is 132 Å². The van der Waals surface area contributed by atoms with Gasteiger partial charge in [-0.25, -0.2) is 4.79 Å². The molecule has 4 heterocycles. The number of carbonyl (C=O) groups excluding carboxylic acids is 2. The van der Waals surface area contributed by atoms with E-state index in [1.165, 1.54) is 0 Å². The lowest BCUT2D eigenvalue weighted by molar-refractivity contribution is -0.228. The normalized spacial score (nSPS) is 29.0. The summed E-state index contributed by atoms with van der Waals surface area (Å²) in [7, 11) is 0. The lowest BCUT2D eigenvalue weighted by Gasteiger charge is -2.34. The molecule has 344 valence electrons. The zero-order valence-electron chi connectivity index (χ0n) is 34.2. The number of aliphatic carboxylic acids is 2. The number of nitrogens with two attached hydrogens (primary N) is 2. The number of aromatic amines is 1. The number of nitrogens with one attached hydrogen (secondary N) is 6. The minimum Gasteiger partial charge on any atom is -0.480 e. The monoisotopic (exact) mass is 872 g/mol. The van der Waals surface area contributed by atoms with E-state index >= 15 is 0 Å². The van der Waals surface area contributed by atoms with E-state index in [0.717, 1.165) is 16.8 Å². The van der Waals surface area contributed by atoms with E-state index in [9.17, 15) is 59.4 Å². The molecule has 2 saturated heterocycles. The van der Waals surface area contributed by atoms with Gasteiger partial charge in [0.05, 0.1) is 6.04 Å². The maximum atomic E-state index is 13.8. The molecule has 61 heavy (non-hydrogen) atoms. The summed E-state index contributed by atoms with van der Waals surface area (Å²) in [5.74, 6) is -4.34. The van der Waals surface area contributed by atoms with Crippen LogP contribution in [-0.4, -0.2) is 175 Å². The van der Waals surface area contributed by atoms with Crippen molar-refractivity contribution in [3.8, 4) is 0 Å². The summed E-state index contributed by atoms with van der Waals surface area (Å²) in [5, 5.41) is 77.4. The number of ether oxygens (including phenoxy) is 3. The van der Waals surface area contributed by atoms with Gasteiger partial charge in [0.15, 0.2) is 18.5 Å². The number of amides is 2. The van der Waals surface area contributed by atoms with Crippen LogP contribution in [0.5, 0.6) is 0 Å². The standard InChI is InChI=1S/C36H60N10O15/c1-14(2)12-17(42-30(53)21(16-6-10-41-35(38)43-16)45-20(15(3)4)32(54)55)29(52)40-9-5-8-39-22(33(56)57)27(61-34-26(51)23(48)18(13-37)59-34)28-24(49)25(50)31(60-28)46-11-7-19(47)44-36(46)58/h7,11,14-18,20-28,31,34,39,45,48-51H,5-6,8-10,12-13,37H2,1-4H3,(H,40,52)(H,42,53)(H,54,55)(H,56,57)(H3,38,41,43)(H,44,47,58)/t16-,17-,18+,20-,21-,22-,23+,24-,25+,26+,27-,28-,31+,34-/m0/s1. The lowest BCUT2D eigenvalue weighted by atomic mass is 9.96. The highest BCUT2D eigenvalue weighted by Crippen LogP contribution is 2.34. The molecule has 3 aliphatic rings. The summed E-state index contributed by atoms with van der Waals surface area (Å²) in [6, 6.07) is -4.77. The van der Waals surface area contributed by atoms with E-state index in [4.69, 9.17) is 25.7 Å². The number of hydrogen-bond acceptors (Lipinski definition) is 19. The zero-order valence-corrected chi connectivity index (χ0v) is 34.2. The number of rotatable bonds is 22. The number of aromatic nitrogens is 2. The first kappa shape index (κ1) is 49.1. The summed E-state index contributed by atoms with van der Waals surface area (Å²) in [6.07, 6.45) is -13.4. The van der Waals surface area contributed by atoms with Crippen LogP contribution >= 0.6 is 0 Å². The molecule has 25 heteroatoms. The Balaban J connectivity index is 1.47. The topological polar surface area (TPSA) is 397 Å². The third-order valence-electron chi connectivity index (χ3n) is 10.6. The van der Waals surface area contributed by atoms with Gasteiger partial charge in [0, 0.05) is 31.9 Å². The third kappa shape index (κ3) is 12.5. The van der Waals surface area contributed by atoms with E-state index in [2.05, 4.69) is 31.6 Å². The number of aliphatic hydroxyl groups excluding tert-OH is 4. The maximum Gasteiger partial charge on any atom is 0.330 e. The molecule has 0 spiro atoms. The van der Waals surface area contributed by atoms with Crippen LogP contribution in [0.3, 0.4) is 0 Å². The van der Waals surface area contributed by atoms with Crippen LogP contribution in [0, 0.1) is 11.8 Å². The Kier molecular flexibility index (Phi) is 17.7. The molecular weight excluding hydrogens is 812 g/mol. The van der Waals surface area contributed by atoms with E-state index in [1.807, 2.05) is 18.8 Å². The first-order valence-corrected chi connectivity index (χ1v) is 20.0. The number of H-pyrrole nitrogens is 1. The Morgan fingerprint density at radius 2 is 1.66 bits per heavy atom. The number of hydrogen-bond donors (Lipinski definition) is 14. The molecule has 14 atom stereocenters. The maximum absolute atomic E-state index is 13.8. The first-order chi connectivity index (χ1) is 28.7. The van der Waals surface area contributed by atoms with E-state index in [-0.39, 0.29) is 50.9 Å². The Bertz CT molecular complexity index is 1810. The molecule has 2 fully saturated rings. The fourth-order valence-corrected chi connectivity index (χ4v) is 7.32. The molecule has 4 rings (SSSR count). The molecule has 0 radical (unpaired) electrons. The van der Waals surface area contributed by atoms with E-state index in [1.54, 1.807) is 13.8 Å². The van der Waals surface area contributed by atoms with Gasteiger partial charge in [-0.3, -0.25) is 43.8 Å². The summed E-state index contributed by atoms with van der Waals surface area (Å²) in [6.45, 7) is 6.90. The molecular formula is C36H60N10O15. The summed E-state index contributed by atoms with van der Waals surface area (Å²) >= 11 is 0. The van der Waals surface area contributed by atoms with Gasteiger partial charge >= 0.3 is 17.6 Å². The van der Waals surface area contributed by atoms with Crippen molar-refractivity contribution >= 4 is 29.7 Å². The molecule has 0 aliphatic carbocycles. The van der Waals surface area contributed by atoms with Crippen LogP contribution < -0.4 is 49.3 Å². The van der Waals surface area contributed by atoms with Crippen LogP contribution in [0.4, 0.5) is 0 Å². The van der Waals surface area contributed by atoms with Gasteiger partial charge < -0.3 is 77.6 Å². The summed E-state index contributed by atoms with van der Waals surface area (Å²) in [4.78, 5) is 82.5. The van der Waals surface area contributed by atoms with Crippen LogP contribution in [0.2, 0.25) is 0 Å². The van der Waals surface area contributed by atoms with E-state index < -0.39 is 126 Å². The molecule has 0 aromatic carbocycles. The molecule has 1 aromatic rings. The smallest absolute Gasteiger partial charge is 0.330 e. The molecule has 25 nitrogen and oxygen atoms in total. The van der Waals surface area contributed by atoms with Gasteiger partial charge in [-0.2, -0.15) is 0 Å². The van der Waals surface area contributed by atoms with Crippen molar-refractivity contribution in [2.24, 2.45) is 28.3 Å². The van der Waals surface area contributed by atoms with Gasteiger partial charge in [0.1, 0.15) is 66.9 Å². The number of aliphatic hydroxyl groups is 4. The summed E-state index contributed by atoms with van der Waals surface area (Å²) in [5.41, 5.74) is 9.74. The van der Waals surface area contributed by atoms with Gasteiger partial charge in [-0.1, -0.05) is 27.7 Å². The predicted octanol–water partition coefficient (Wildman–Crippen LogP) is -6.23. The Morgan fingerprint density at radius 1 is 0.967 bits per heavy atom. The van der Waals surface area contributed by atoms with Crippen LogP contribution in [-0.2, 0) is 33.4 Å². The number of aliphatic imine (C=N–C) groups is 1. The Labute approximate surface area is 349 Å². The molecule has 0 unspecified atom stereocenters. The number of carboxylic acid groups (broad SMARTS) is 2. The second-order valence-corrected chi connectivity index (χ2v) is 16.0. The molecule has 16 N–H and O–H groups in total. The quantitative estimate of drug-likeness (QED) is 0.0482. The van der Waals surface area contributed by atoms with Crippen molar-refractivity contribution in [1.29, 1.82) is 0 Å². The van der Waals surface area contributed by atoms with Crippen LogP contribution in [0.25, 0.3) is 0 Å². The van der Waals surface area contributed by atoms with Gasteiger partial charge in [-0.15, -0.1) is 0 Å². The number of nitrogens with zero attached hydrogens (tertiary/aromatic N) is 2. The minimum absolute atomic E-state index is 0.0469. The fourth-order valence-electron chi connectivity index (χ4n) is 7.32. The average molecular weight is 873 g/mol. The second kappa shape index (κ2) is 22.0. The van der Waals surface area contributed by atoms with Crippen molar-refractivity contribution in [1.82, 2.24) is 36.1 Å². The zero-order chi connectivity index (χ0) is 45.3. The van der Waals surface area contributed by atoms with Crippen LogP contribution in [0.1, 0.15) is 53.2 Å². The summed E-state index contributed by atoms with van der Waals surface area (Å²) < 4.78 is 18.0. The molecule has 0 saturated carbocycles. The second-order valence-electron chi connectivity index (χ2n) is 16.0. The predicted molar refractivity (Wildman–Crippen MR) is 212 cm³/mol. The SMILES string of the molecule is CC(C)C[C@H](NC(=O)[C@@H](N[C@H](C(=O)O)C(C)C)[C@@H]1CCN=C(N)N1)C(=O)NCCCN[C@H](C(=O)O)[C@H](O[C@@H]1O[C@H](CN)[C@@H](O)[C@H]1O)[C@H]1O[C@@H](n2ccc(=O)[nH]c2=O)[C@H](O)[C@@H]1O. The first-order valence-electron chi connectivity index (χ1n) is 20.0.